The van der Waals surface area contributed by atoms with Crippen LogP contribution in [0.4, 0.5) is 0 Å². The Labute approximate surface area is 214 Å². The maximum absolute atomic E-state index is 13.4. The first-order chi connectivity index (χ1) is 17.3. The standard InChI is InChI=1S/C29H36N2O4S/c1-23(24-13-6-3-7-14-24)31(2)22-12-21-30-28(32)20-19-27(29(33)25-15-8-4-9-16-25)36(34,35)26-17-10-5-11-18-26/h3-11,13-18,23,27,29,33H,12,19-22H2,1-2H3,(H,30,32)/t23-,27?,29?/m1/s1. The first-order valence-electron chi connectivity index (χ1n) is 12.3. The van der Waals surface area contributed by atoms with Crippen LogP contribution < -0.4 is 5.32 Å². The first kappa shape index (κ1) is 27.6. The molecule has 0 heterocycles. The topological polar surface area (TPSA) is 86.7 Å². The van der Waals surface area contributed by atoms with Crippen LogP contribution in [0.15, 0.2) is 95.9 Å². The SMILES string of the molecule is C[C@H](c1ccccc1)N(C)CCCNC(=O)CCC(C(O)c1ccccc1)S(=O)(=O)c1ccccc1. The van der Waals surface area contributed by atoms with Gasteiger partial charge in [0.15, 0.2) is 9.84 Å². The van der Waals surface area contributed by atoms with Crippen LogP contribution >= 0.6 is 0 Å². The third kappa shape index (κ3) is 7.50. The van der Waals surface area contributed by atoms with Crippen molar-refractivity contribution in [2.75, 3.05) is 20.1 Å². The summed E-state index contributed by atoms with van der Waals surface area (Å²) in [6.45, 7) is 3.47. The summed E-state index contributed by atoms with van der Waals surface area (Å²) in [5.74, 6) is -0.220. The number of carbonyl (C=O) groups is 1. The lowest BCUT2D eigenvalue weighted by Gasteiger charge is -2.25. The Bertz CT molecular complexity index is 1170. The molecule has 2 N–H and O–H groups in total. The Morgan fingerprint density at radius 1 is 0.889 bits per heavy atom. The molecular weight excluding hydrogens is 472 g/mol. The number of rotatable bonds is 13. The lowest BCUT2D eigenvalue weighted by Crippen LogP contribution is -2.33. The summed E-state index contributed by atoms with van der Waals surface area (Å²) in [6, 6.07) is 27.3. The Morgan fingerprint density at radius 3 is 2.00 bits per heavy atom. The zero-order valence-corrected chi connectivity index (χ0v) is 21.8. The van der Waals surface area contributed by atoms with Gasteiger partial charge in [0, 0.05) is 25.6 Å². The number of carbonyl (C=O) groups excluding carboxylic acids is 1. The number of benzene rings is 3. The molecule has 0 aliphatic rings. The number of hydrogen-bond donors (Lipinski definition) is 2. The fraction of sp³-hybridized carbons (Fsp3) is 0.345. The van der Waals surface area contributed by atoms with Gasteiger partial charge < -0.3 is 10.4 Å². The molecule has 36 heavy (non-hydrogen) atoms. The molecular formula is C29H36N2O4S. The van der Waals surface area contributed by atoms with Gasteiger partial charge in [-0.05, 0) is 50.1 Å². The normalized spacial score (nSPS) is 14.2. The second-order valence-electron chi connectivity index (χ2n) is 9.06. The average molecular weight is 509 g/mol. The lowest BCUT2D eigenvalue weighted by molar-refractivity contribution is -0.121. The second-order valence-corrected chi connectivity index (χ2v) is 11.2. The largest absolute Gasteiger partial charge is 0.387 e. The van der Waals surface area contributed by atoms with Gasteiger partial charge in [0.2, 0.25) is 5.91 Å². The molecule has 0 radical (unpaired) electrons. The van der Waals surface area contributed by atoms with Crippen molar-refractivity contribution in [2.24, 2.45) is 0 Å². The number of hydrogen-bond acceptors (Lipinski definition) is 5. The van der Waals surface area contributed by atoms with Crippen molar-refractivity contribution in [1.29, 1.82) is 0 Å². The van der Waals surface area contributed by atoms with Crippen LogP contribution in [-0.2, 0) is 14.6 Å². The molecule has 6 nitrogen and oxygen atoms in total. The Kier molecular flexibility index (Phi) is 10.2. The maximum Gasteiger partial charge on any atom is 0.220 e. The Balaban J connectivity index is 1.55. The lowest BCUT2D eigenvalue weighted by atomic mass is 10.0. The number of nitrogens with zero attached hydrogens (tertiary/aromatic N) is 1. The van der Waals surface area contributed by atoms with E-state index in [-0.39, 0.29) is 29.7 Å². The van der Waals surface area contributed by atoms with Crippen LogP contribution in [-0.4, -0.2) is 49.7 Å². The Morgan fingerprint density at radius 2 is 1.42 bits per heavy atom. The van der Waals surface area contributed by atoms with Crippen LogP contribution in [0.1, 0.15) is 49.5 Å². The molecule has 3 aromatic carbocycles. The smallest absolute Gasteiger partial charge is 0.220 e. The van der Waals surface area contributed by atoms with Gasteiger partial charge >= 0.3 is 0 Å². The van der Waals surface area contributed by atoms with Crippen LogP contribution in [0, 0.1) is 0 Å². The highest BCUT2D eigenvalue weighted by molar-refractivity contribution is 7.92. The Hall–Kier alpha value is -3.00. The van der Waals surface area contributed by atoms with Gasteiger partial charge in [-0.25, -0.2) is 8.42 Å². The van der Waals surface area contributed by atoms with Gasteiger partial charge in [0.1, 0.15) is 0 Å². The minimum absolute atomic E-state index is 0.0108. The summed E-state index contributed by atoms with van der Waals surface area (Å²) in [4.78, 5) is 14.9. The number of aliphatic hydroxyl groups excluding tert-OH is 1. The van der Waals surface area contributed by atoms with E-state index in [0.717, 1.165) is 13.0 Å². The summed E-state index contributed by atoms with van der Waals surface area (Å²) in [7, 11) is -1.79. The van der Waals surface area contributed by atoms with Crippen LogP contribution in [0.5, 0.6) is 0 Å². The molecule has 2 unspecified atom stereocenters. The van der Waals surface area contributed by atoms with E-state index in [4.69, 9.17) is 0 Å². The first-order valence-corrected chi connectivity index (χ1v) is 13.9. The molecule has 0 bridgehead atoms. The quantitative estimate of drug-likeness (QED) is 0.331. The number of amides is 1. The fourth-order valence-electron chi connectivity index (χ4n) is 4.23. The molecule has 3 aromatic rings. The van der Waals surface area contributed by atoms with Crippen molar-refractivity contribution in [3.05, 3.63) is 102 Å². The third-order valence-corrected chi connectivity index (χ3v) is 8.79. The predicted molar refractivity (Wildman–Crippen MR) is 143 cm³/mol. The molecule has 192 valence electrons. The minimum atomic E-state index is -3.85. The summed E-state index contributed by atoms with van der Waals surface area (Å²) < 4.78 is 26.8. The maximum atomic E-state index is 13.4. The number of nitrogens with one attached hydrogen (secondary N) is 1. The van der Waals surface area contributed by atoms with Crippen LogP contribution in [0.3, 0.4) is 0 Å². The van der Waals surface area contributed by atoms with Gasteiger partial charge in [0.25, 0.3) is 0 Å². The zero-order valence-electron chi connectivity index (χ0n) is 21.0. The highest BCUT2D eigenvalue weighted by Crippen LogP contribution is 2.30. The van der Waals surface area contributed by atoms with Gasteiger partial charge in [-0.15, -0.1) is 0 Å². The molecule has 0 saturated heterocycles. The monoisotopic (exact) mass is 508 g/mol. The molecule has 3 atom stereocenters. The molecule has 0 aliphatic carbocycles. The van der Waals surface area contributed by atoms with E-state index in [2.05, 4.69) is 36.3 Å². The summed E-state index contributed by atoms with van der Waals surface area (Å²) in [5, 5.41) is 12.8. The molecule has 7 heteroatoms. The van der Waals surface area contributed by atoms with E-state index in [1.54, 1.807) is 42.5 Å². The molecule has 3 rings (SSSR count). The van der Waals surface area contributed by atoms with Crippen LogP contribution in [0.2, 0.25) is 0 Å². The van der Waals surface area contributed by atoms with Gasteiger partial charge in [-0.2, -0.15) is 0 Å². The van der Waals surface area contributed by atoms with Crippen molar-refractivity contribution >= 4 is 15.7 Å². The van der Waals surface area contributed by atoms with Crippen molar-refractivity contribution in [1.82, 2.24) is 10.2 Å². The zero-order chi connectivity index (χ0) is 26.0. The van der Waals surface area contributed by atoms with E-state index < -0.39 is 21.2 Å². The second kappa shape index (κ2) is 13.3. The van der Waals surface area contributed by atoms with Gasteiger partial charge in [0.05, 0.1) is 16.2 Å². The van der Waals surface area contributed by atoms with E-state index in [1.807, 2.05) is 24.3 Å². The van der Waals surface area contributed by atoms with E-state index in [9.17, 15) is 18.3 Å². The highest BCUT2D eigenvalue weighted by Gasteiger charge is 2.34. The van der Waals surface area contributed by atoms with Crippen molar-refractivity contribution in [3.63, 3.8) is 0 Å². The van der Waals surface area contributed by atoms with Crippen molar-refractivity contribution in [2.45, 2.75) is 48.5 Å². The fourth-order valence-corrected chi connectivity index (χ4v) is 6.04. The molecule has 0 aliphatic heterocycles. The predicted octanol–water partition coefficient (Wildman–Crippen LogP) is 4.54. The summed E-state index contributed by atoms with van der Waals surface area (Å²) >= 11 is 0. The van der Waals surface area contributed by atoms with E-state index >= 15 is 0 Å². The van der Waals surface area contributed by atoms with Crippen LogP contribution in [0.25, 0.3) is 0 Å². The van der Waals surface area contributed by atoms with E-state index in [0.29, 0.717) is 12.1 Å². The van der Waals surface area contributed by atoms with Gasteiger partial charge in [-0.3, -0.25) is 9.69 Å². The molecule has 1 amide bonds. The molecule has 0 saturated carbocycles. The molecule has 0 spiro atoms. The summed E-state index contributed by atoms with van der Waals surface area (Å²) in [6.07, 6.45) is -0.434. The number of aliphatic hydroxyl groups is 1. The minimum Gasteiger partial charge on any atom is -0.387 e. The van der Waals surface area contributed by atoms with Gasteiger partial charge in [-0.1, -0.05) is 78.9 Å². The number of sulfone groups is 1. The third-order valence-electron chi connectivity index (χ3n) is 6.57. The highest BCUT2D eigenvalue weighted by atomic mass is 32.2. The van der Waals surface area contributed by atoms with Crippen molar-refractivity contribution < 1.29 is 18.3 Å². The summed E-state index contributed by atoms with van der Waals surface area (Å²) in [5.41, 5.74) is 1.75. The average Bonchev–Trinajstić information content (AvgIpc) is 2.92. The van der Waals surface area contributed by atoms with Crippen molar-refractivity contribution in [3.8, 4) is 0 Å². The molecule has 0 aromatic heterocycles. The van der Waals surface area contributed by atoms with E-state index in [1.165, 1.54) is 17.7 Å². The molecule has 0 fully saturated rings.